The molecule has 1 amide bonds. The summed E-state index contributed by atoms with van der Waals surface area (Å²) >= 11 is 0. The van der Waals surface area contributed by atoms with E-state index in [4.69, 9.17) is 4.42 Å². The molecule has 2 heterocycles. The predicted octanol–water partition coefficient (Wildman–Crippen LogP) is 1.97. The Morgan fingerprint density at radius 3 is 3.00 bits per heavy atom. The molecule has 1 fully saturated rings. The Labute approximate surface area is 135 Å². The Kier molecular flexibility index (Phi) is 4.83. The number of benzene rings is 1. The van der Waals surface area contributed by atoms with Crippen LogP contribution < -0.4 is 5.32 Å². The summed E-state index contributed by atoms with van der Waals surface area (Å²) in [4.78, 5) is 14.3. The van der Waals surface area contributed by atoms with Crippen molar-refractivity contribution >= 4 is 5.91 Å². The number of hydrogen-bond acceptors (Lipinski definition) is 5. The topological polar surface area (TPSA) is 71.3 Å². The van der Waals surface area contributed by atoms with E-state index in [2.05, 4.69) is 27.6 Å². The first-order chi connectivity index (χ1) is 11.3. The molecule has 120 valence electrons. The molecule has 0 saturated carbocycles. The number of carbonyl (C=O) groups is 1. The average Bonchev–Trinajstić information content (AvgIpc) is 3.09. The Morgan fingerprint density at radius 2 is 2.22 bits per heavy atom. The van der Waals surface area contributed by atoms with Crippen LogP contribution in [-0.4, -0.2) is 40.6 Å². The maximum absolute atomic E-state index is 12.5. The molecule has 23 heavy (non-hydrogen) atoms. The van der Waals surface area contributed by atoms with Gasteiger partial charge in [0.2, 0.25) is 5.89 Å². The monoisotopic (exact) mass is 312 g/mol. The third kappa shape index (κ3) is 3.65. The second-order valence-corrected chi connectivity index (χ2v) is 5.44. The second-order valence-electron chi connectivity index (χ2n) is 5.44. The fourth-order valence-electron chi connectivity index (χ4n) is 2.62. The highest BCUT2D eigenvalue weighted by Gasteiger charge is 2.28. The maximum atomic E-state index is 12.5. The molecule has 0 radical (unpaired) electrons. The lowest BCUT2D eigenvalue weighted by Crippen LogP contribution is -2.48. The lowest BCUT2D eigenvalue weighted by molar-refractivity contribution is 0.0661. The van der Waals surface area contributed by atoms with Gasteiger partial charge >= 0.3 is 11.8 Å². The van der Waals surface area contributed by atoms with Gasteiger partial charge in [0.15, 0.2) is 0 Å². The number of nitrogens with zero attached hydrogens (tertiary/aromatic N) is 3. The Morgan fingerprint density at radius 1 is 1.39 bits per heavy atom. The molecule has 1 aromatic heterocycles. The van der Waals surface area contributed by atoms with Crippen molar-refractivity contribution in [1.29, 1.82) is 0 Å². The van der Waals surface area contributed by atoms with Crippen LogP contribution in [0.15, 0.2) is 46.9 Å². The van der Waals surface area contributed by atoms with Crippen LogP contribution in [0.25, 0.3) is 0 Å². The molecular formula is C17H20N4O2. The van der Waals surface area contributed by atoms with Gasteiger partial charge in [-0.25, -0.2) is 0 Å². The van der Waals surface area contributed by atoms with Crippen LogP contribution in [0.3, 0.4) is 0 Å². The minimum absolute atomic E-state index is 0.0678. The van der Waals surface area contributed by atoms with Crippen molar-refractivity contribution in [1.82, 2.24) is 20.4 Å². The number of aromatic nitrogens is 2. The molecular weight excluding hydrogens is 292 g/mol. The minimum atomic E-state index is -0.202. The summed E-state index contributed by atoms with van der Waals surface area (Å²) in [6, 6.07) is 10.2. The number of hydrogen-bond donors (Lipinski definition) is 1. The fourth-order valence-corrected chi connectivity index (χ4v) is 2.62. The van der Waals surface area contributed by atoms with Crippen LogP contribution >= 0.6 is 0 Å². The van der Waals surface area contributed by atoms with Gasteiger partial charge in [-0.15, -0.1) is 10.2 Å². The average molecular weight is 312 g/mol. The summed E-state index contributed by atoms with van der Waals surface area (Å²) in [7, 11) is 0. The maximum Gasteiger partial charge on any atom is 0.311 e. The fraction of sp³-hybridized carbons (Fsp3) is 0.353. The molecule has 2 aromatic rings. The van der Waals surface area contributed by atoms with E-state index in [-0.39, 0.29) is 17.8 Å². The van der Waals surface area contributed by atoms with Crippen molar-refractivity contribution in [3.63, 3.8) is 0 Å². The third-order valence-electron chi connectivity index (χ3n) is 3.84. The van der Waals surface area contributed by atoms with Crippen molar-refractivity contribution in [3.8, 4) is 0 Å². The van der Waals surface area contributed by atoms with Crippen molar-refractivity contribution in [2.24, 2.45) is 0 Å². The number of allylic oxidation sites excluding steroid dienone is 2. The van der Waals surface area contributed by atoms with Crippen LogP contribution in [0.1, 0.15) is 35.1 Å². The first-order valence-corrected chi connectivity index (χ1v) is 7.79. The quantitative estimate of drug-likeness (QED) is 0.874. The molecule has 1 aliphatic rings. The van der Waals surface area contributed by atoms with E-state index in [1.165, 1.54) is 5.56 Å². The number of piperazine rings is 1. The Hall–Kier alpha value is -2.47. The largest absolute Gasteiger partial charge is 0.417 e. The van der Waals surface area contributed by atoms with Gasteiger partial charge in [-0.1, -0.05) is 42.5 Å². The summed E-state index contributed by atoms with van der Waals surface area (Å²) in [5.74, 6) is 0.325. The molecule has 1 aliphatic heterocycles. The molecule has 0 spiro atoms. The van der Waals surface area contributed by atoms with Gasteiger partial charge in [-0.2, -0.15) is 0 Å². The SMILES string of the molecule is C/C=C/Cc1nnc(C(=O)N2CCN[C@@H](c3ccccc3)C2)o1. The normalized spacial score (nSPS) is 18.5. The minimum Gasteiger partial charge on any atom is -0.417 e. The smallest absolute Gasteiger partial charge is 0.311 e. The molecule has 6 nitrogen and oxygen atoms in total. The zero-order valence-corrected chi connectivity index (χ0v) is 13.1. The summed E-state index contributed by atoms with van der Waals surface area (Å²) in [6.07, 6.45) is 4.37. The van der Waals surface area contributed by atoms with Crippen LogP contribution in [0.2, 0.25) is 0 Å². The van der Waals surface area contributed by atoms with Gasteiger partial charge in [-0.3, -0.25) is 4.79 Å². The molecule has 3 rings (SSSR count). The highest BCUT2D eigenvalue weighted by atomic mass is 16.4. The van der Waals surface area contributed by atoms with Crippen LogP contribution in [0.5, 0.6) is 0 Å². The van der Waals surface area contributed by atoms with Crippen LogP contribution in [-0.2, 0) is 6.42 Å². The highest BCUT2D eigenvalue weighted by molar-refractivity contribution is 5.89. The summed E-state index contributed by atoms with van der Waals surface area (Å²) in [5, 5.41) is 11.2. The molecule has 0 bridgehead atoms. The van der Waals surface area contributed by atoms with E-state index in [9.17, 15) is 4.79 Å². The molecule has 1 N–H and O–H groups in total. The van der Waals surface area contributed by atoms with E-state index in [1.807, 2.05) is 37.3 Å². The predicted molar refractivity (Wildman–Crippen MR) is 85.9 cm³/mol. The Balaban J connectivity index is 1.68. The van der Waals surface area contributed by atoms with Gasteiger partial charge in [-0.05, 0) is 12.5 Å². The molecule has 1 aromatic carbocycles. The van der Waals surface area contributed by atoms with Gasteiger partial charge in [0.25, 0.3) is 0 Å². The second kappa shape index (κ2) is 7.19. The molecule has 6 heteroatoms. The van der Waals surface area contributed by atoms with Gasteiger partial charge in [0.1, 0.15) is 0 Å². The summed E-state index contributed by atoms with van der Waals surface area (Å²) in [6.45, 7) is 3.89. The van der Waals surface area contributed by atoms with Gasteiger partial charge in [0, 0.05) is 32.1 Å². The first-order valence-electron chi connectivity index (χ1n) is 7.79. The molecule has 0 aliphatic carbocycles. The van der Waals surface area contributed by atoms with E-state index >= 15 is 0 Å². The first kappa shape index (κ1) is 15.4. The van der Waals surface area contributed by atoms with Crippen molar-refractivity contribution in [3.05, 3.63) is 59.8 Å². The third-order valence-corrected chi connectivity index (χ3v) is 3.84. The zero-order valence-electron chi connectivity index (χ0n) is 13.1. The number of carbonyl (C=O) groups excluding carboxylic acids is 1. The van der Waals surface area contributed by atoms with Crippen LogP contribution in [0.4, 0.5) is 0 Å². The van der Waals surface area contributed by atoms with Crippen molar-refractivity contribution < 1.29 is 9.21 Å². The molecule has 0 unspecified atom stereocenters. The highest BCUT2D eigenvalue weighted by Crippen LogP contribution is 2.18. The lowest BCUT2D eigenvalue weighted by atomic mass is 10.0. The zero-order chi connectivity index (χ0) is 16.1. The number of rotatable bonds is 4. The van der Waals surface area contributed by atoms with Gasteiger partial charge in [0.05, 0.1) is 0 Å². The van der Waals surface area contributed by atoms with Crippen molar-refractivity contribution in [2.45, 2.75) is 19.4 Å². The standard InChI is InChI=1S/C17H20N4O2/c1-2-3-9-15-19-20-16(23-15)17(22)21-11-10-18-14(12-21)13-7-5-4-6-8-13/h2-8,14,18H,9-12H2,1H3/b3-2+/t14-/m1/s1. The van der Waals surface area contributed by atoms with E-state index < -0.39 is 0 Å². The summed E-state index contributed by atoms with van der Waals surface area (Å²) < 4.78 is 5.46. The van der Waals surface area contributed by atoms with Crippen molar-refractivity contribution in [2.75, 3.05) is 19.6 Å². The van der Waals surface area contributed by atoms with E-state index in [1.54, 1.807) is 4.90 Å². The lowest BCUT2D eigenvalue weighted by Gasteiger charge is -2.33. The van der Waals surface area contributed by atoms with Crippen LogP contribution in [0, 0.1) is 0 Å². The number of amides is 1. The molecule has 1 atom stereocenters. The Bertz CT molecular complexity index is 681. The summed E-state index contributed by atoms with van der Waals surface area (Å²) in [5.41, 5.74) is 1.17. The number of nitrogens with one attached hydrogen (secondary N) is 1. The van der Waals surface area contributed by atoms with Gasteiger partial charge < -0.3 is 14.6 Å². The van der Waals surface area contributed by atoms with E-state index in [0.717, 1.165) is 6.54 Å². The van der Waals surface area contributed by atoms with E-state index in [0.29, 0.717) is 25.4 Å². The molecule has 1 saturated heterocycles.